The fourth-order valence-corrected chi connectivity index (χ4v) is 5.05. The molecule has 0 bridgehead atoms. The van der Waals surface area contributed by atoms with E-state index in [9.17, 15) is 4.39 Å². The summed E-state index contributed by atoms with van der Waals surface area (Å²) in [6.07, 6.45) is 0.871. The first-order valence-corrected chi connectivity index (χ1v) is 9.57. The van der Waals surface area contributed by atoms with Gasteiger partial charge >= 0.3 is 0 Å². The minimum absolute atomic E-state index is 0.192. The van der Waals surface area contributed by atoms with Gasteiger partial charge in [0.2, 0.25) is 0 Å². The maximum Gasteiger partial charge on any atom is 0.123 e. The van der Waals surface area contributed by atoms with E-state index in [4.69, 9.17) is 4.98 Å². The highest BCUT2D eigenvalue weighted by atomic mass is 32.2. The Morgan fingerprint density at radius 2 is 1.58 bits per heavy atom. The third-order valence-electron chi connectivity index (χ3n) is 4.86. The van der Waals surface area contributed by atoms with Gasteiger partial charge in [-0.05, 0) is 29.3 Å². The van der Waals surface area contributed by atoms with Crippen LogP contribution in [0.4, 0.5) is 4.39 Å². The molecule has 1 unspecified atom stereocenters. The van der Waals surface area contributed by atoms with Gasteiger partial charge in [0.1, 0.15) is 5.82 Å². The molecule has 126 valence electrons. The standard InChI is InChI=1S/C23H16FNS/c24-17-12-10-15(11-13-17)21-14-20-23(26-21)22(16-6-2-1-3-7-16)18-8-4-5-9-19(18)25-20/h1-13,21H,14H2. The molecule has 1 nitrogen and oxygen atoms in total. The molecule has 0 spiro atoms. The Bertz CT molecular complexity index is 1090. The molecule has 0 saturated heterocycles. The normalized spacial score (nSPS) is 16.0. The smallest absolute Gasteiger partial charge is 0.123 e. The second-order valence-corrected chi connectivity index (χ2v) is 7.72. The van der Waals surface area contributed by atoms with E-state index in [-0.39, 0.29) is 11.1 Å². The van der Waals surface area contributed by atoms with Crippen molar-refractivity contribution in [1.29, 1.82) is 0 Å². The van der Waals surface area contributed by atoms with Gasteiger partial charge in [0, 0.05) is 27.5 Å². The number of halogens is 1. The van der Waals surface area contributed by atoms with Gasteiger partial charge in [-0.15, -0.1) is 11.8 Å². The molecule has 0 aliphatic carbocycles. The van der Waals surface area contributed by atoms with Crippen LogP contribution in [0.3, 0.4) is 0 Å². The average Bonchev–Trinajstić information content (AvgIpc) is 3.10. The zero-order chi connectivity index (χ0) is 17.5. The van der Waals surface area contributed by atoms with Gasteiger partial charge in [0.05, 0.1) is 11.2 Å². The molecule has 1 aliphatic rings. The summed E-state index contributed by atoms with van der Waals surface area (Å²) in [6, 6.07) is 25.7. The number of thioether (sulfide) groups is 1. The highest BCUT2D eigenvalue weighted by Gasteiger charge is 2.29. The van der Waals surface area contributed by atoms with Gasteiger partial charge in [-0.25, -0.2) is 4.39 Å². The second-order valence-electron chi connectivity index (χ2n) is 6.51. The van der Waals surface area contributed by atoms with Crippen molar-refractivity contribution >= 4 is 22.7 Å². The molecule has 3 heteroatoms. The van der Waals surface area contributed by atoms with Gasteiger partial charge < -0.3 is 0 Å². The number of pyridine rings is 1. The molecule has 1 atom stereocenters. The van der Waals surface area contributed by atoms with E-state index >= 15 is 0 Å². The number of rotatable bonds is 2. The van der Waals surface area contributed by atoms with Crippen LogP contribution in [0.1, 0.15) is 16.5 Å². The molecule has 1 aliphatic heterocycles. The molecular formula is C23H16FNS. The number of para-hydroxylation sites is 1. The quantitative estimate of drug-likeness (QED) is 0.410. The molecule has 4 aromatic rings. The monoisotopic (exact) mass is 357 g/mol. The fourth-order valence-electron chi connectivity index (χ4n) is 3.62. The molecule has 0 fully saturated rings. The lowest BCUT2D eigenvalue weighted by atomic mass is 9.98. The lowest BCUT2D eigenvalue weighted by Crippen LogP contribution is -1.95. The topological polar surface area (TPSA) is 12.9 Å². The number of fused-ring (bicyclic) bond motifs is 2. The Labute approximate surface area is 155 Å². The third-order valence-corrected chi connectivity index (χ3v) is 6.26. The van der Waals surface area contributed by atoms with Gasteiger partial charge in [0.25, 0.3) is 0 Å². The lowest BCUT2D eigenvalue weighted by molar-refractivity contribution is 0.627. The summed E-state index contributed by atoms with van der Waals surface area (Å²) < 4.78 is 13.3. The predicted molar refractivity (Wildman–Crippen MR) is 106 cm³/mol. The van der Waals surface area contributed by atoms with Crippen molar-refractivity contribution in [3.63, 3.8) is 0 Å². The summed E-state index contributed by atoms with van der Waals surface area (Å²) in [5.74, 6) is -0.192. The van der Waals surface area contributed by atoms with Gasteiger partial charge in [-0.2, -0.15) is 0 Å². The highest BCUT2D eigenvalue weighted by Crippen LogP contribution is 2.51. The molecule has 5 rings (SSSR count). The minimum Gasteiger partial charge on any atom is -0.252 e. The van der Waals surface area contributed by atoms with Crippen molar-refractivity contribution < 1.29 is 4.39 Å². The van der Waals surface area contributed by atoms with Crippen molar-refractivity contribution in [2.24, 2.45) is 0 Å². The van der Waals surface area contributed by atoms with Crippen LogP contribution in [0.2, 0.25) is 0 Å². The highest BCUT2D eigenvalue weighted by molar-refractivity contribution is 8.00. The summed E-state index contributed by atoms with van der Waals surface area (Å²) in [7, 11) is 0. The van der Waals surface area contributed by atoms with Gasteiger partial charge in [-0.1, -0.05) is 60.7 Å². The van der Waals surface area contributed by atoms with Crippen LogP contribution < -0.4 is 0 Å². The van der Waals surface area contributed by atoms with Crippen LogP contribution in [-0.4, -0.2) is 4.98 Å². The Morgan fingerprint density at radius 3 is 2.38 bits per heavy atom. The molecule has 0 radical (unpaired) electrons. The van der Waals surface area contributed by atoms with E-state index in [1.54, 1.807) is 12.1 Å². The Hall–Kier alpha value is -2.65. The van der Waals surface area contributed by atoms with Crippen LogP contribution >= 0.6 is 11.8 Å². The van der Waals surface area contributed by atoms with E-state index in [2.05, 4.69) is 42.5 Å². The van der Waals surface area contributed by atoms with E-state index in [1.165, 1.54) is 21.4 Å². The molecule has 1 aromatic heterocycles. The summed E-state index contributed by atoms with van der Waals surface area (Å²) in [5.41, 5.74) is 5.81. The first-order valence-electron chi connectivity index (χ1n) is 8.69. The minimum atomic E-state index is -0.192. The summed E-state index contributed by atoms with van der Waals surface area (Å²) >= 11 is 1.85. The average molecular weight is 357 g/mol. The predicted octanol–water partition coefficient (Wildman–Crippen LogP) is 6.43. The SMILES string of the molecule is Fc1ccc(C2Cc3nc4ccccc4c(-c4ccccc4)c3S2)cc1. The van der Waals surface area contributed by atoms with E-state index in [1.807, 2.05) is 36.0 Å². The molecule has 26 heavy (non-hydrogen) atoms. The van der Waals surface area contributed by atoms with Crippen LogP contribution in [0.5, 0.6) is 0 Å². The van der Waals surface area contributed by atoms with Gasteiger partial charge in [-0.3, -0.25) is 4.98 Å². The summed E-state index contributed by atoms with van der Waals surface area (Å²) in [6.45, 7) is 0. The molecule has 2 heterocycles. The molecule has 0 amide bonds. The Kier molecular flexibility index (Phi) is 3.75. The van der Waals surface area contributed by atoms with Crippen molar-refractivity contribution in [2.45, 2.75) is 16.6 Å². The largest absolute Gasteiger partial charge is 0.252 e. The van der Waals surface area contributed by atoms with E-state index < -0.39 is 0 Å². The van der Waals surface area contributed by atoms with Crippen LogP contribution in [0.15, 0.2) is 83.8 Å². The molecule has 0 saturated carbocycles. The summed E-state index contributed by atoms with van der Waals surface area (Å²) in [5, 5.41) is 1.46. The number of nitrogens with zero attached hydrogens (tertiary/aromatic N) is 1. The maximum atomic E-state index is 13.3. The summed E-state index contributed by atoms with van der Waals surface area (Å²) in [4.78, 5) is 6.19. The second kappa shape index (κ2) is 6.26. The molecule has 0 N–H and O–H groups in total. The van der Waals surface area contributed by atoms with Crippen molar-refractivity contribution in [3.8, 4) is 11.1 Å². The lowest BCUT2D eigenvalue weighted by Gasteiger charge is -2.12. The molecule has 3 aromatic carbocycles. The first-order chi connectivity index (χ1) is 12.8. The van der Waals surface area contributed by atoms with Crippen molar-refractivity contribution in [3.05, 3.63) is 95.9 Å². The Balaban J connectivity index is 1.69. The third kappa shape index (κ3) is 2.60. The van der Waals surface area contributed by atoms with Gasteiger partial charge in [0.15, 0.2) is 0 Å². The first kappa shape index (κ1) is 15.6. The molecular weight excluding hydrogens is 341 g/mol. The number of aromatic nitrogens is 1. The Morgan fingerprint density at radius 1 is 0.846 bits per heavy atom. The zero-order valence-electron chi connectivity index (χ0n) is 14.0. The number of hydrogen-bond acceptors (Lipinski definition) is 2. The van der Waals surface area contributed by atoms with E-state index in [0.717, 1.165) is 23.2 Å². The van der Waals surface area contributed by atoms with Crippen molar-refractivity contribution in [1.82, 2.24) is 4.98 Å². The van der Waals surface area contributed by atoms with Crippen LogP contribution in [-0.2, 0) is 6.42 Å². The fraction of sp³-hybridized carbons (Fsp3) is 0.0870. The van der Waals surface area contributed by atoms with E-state index in [0.29, 0.717) is 0 Å². The maximum absolute atomic E-state index is 13.3. The van der Waals surface area contributed by atoms with Crippen LogP contribution in [0.25, 0.3) is 22.0 Å². The number of benzene rings is 3. The zero-order valence-corrected chi connectivity index (χ0v) is 14.8. The number of hydrogen-bond donors (Lipinski definition) is 0. The van der Waals surface area contributed by atoms with Crippen LogP contribution in [0, 0.1) is 5.82 Å². The van der Waals surface area contributed by atoms with Crippen molar-refractivity contribution in [2.75, 3.05) is 0 Å².